The lowest BCUT2D eigenvalue weighted by atomic mass is 9.99. The lowest BCUT2D eigenvalue weighted by Gasteiger charge is -2.35. The minimum Gasteiger partial charge on any atom is -0.497 e. The van der Waals surface area contributed by atoms with Crippen molar-refractivity contribution in [1.29, 1.82) is 0 Å². The number of anilines is 1. The van der Waals surface area contributed by atoms with E-state index in [-0.39, 0.29) is 17.3 Å². The van der Waals surface area contributed by atoms with Gasteiger partial charge in [-0.3, -0.25) is 9.10 Å². The second-order valence-electron chi connectivity index (χ2n) is 7.95. The monoisotopic (exact) mass is 460 g/mol. The van der Waals surface area contributed by atoms with E-state index in [4.69, 9.17) is 9.47 Å². The third kappa shape index (κ3) is 5.35. The quantitative estimate of drug-likeness (QED) is 0.580. The maximum absolute atomic E-state index is 13.4. The van der Waals surface area contributed by atoms with Crippen LogP contribution in [0.25, 0.3) is 0 Å². The zero-order valence-electron chi connectivity index (χ0n) is 18.9. The van der Waals surface area contributed by atoms with E-state index >= 15 is 0 Å². The highest BCUT2D eigenvalue weighted by atomic mass is 32.2. The molecule has 1 amide bonds. The molecule has 1 aliphatic rings. The van der Waals surface area contributed by atoms with Crippen molar-refractivity contribution in [2.75, 3.05) is 24.5 Å². The average Bonchev–Trinajstić information content (AvgIpc) is 2.83. The molecule has 3 rings (SSSR count). The summed E-state index contributed by atoms with van der Waals surface area (Å²) in [5.74, 6) is 1.03. The number of benzene rings is 2. The zero-order valence-corrected chi connectivity index (χ0v) is 19.7. The molecule has 7 nitrogen and oxygen atoms in total. The summed E-state index contributed by atoms with van der Waals surface area (Å²) in [6.45, 7) is 4.73. The molecule has 2 atom stereocenters. The molecule has 0 spiro atoms. The number of nitrogens with zero attached hydrogens (tertiary/aromatic N) is 1. The van der Waals surface area contributed by atoms with Gasteiger partial charge in [0.15, 0.2) is 6.10 Å². The number of fused-ring (bicyclic) bond motifs is 1. The van der Waals surface area contributed by atoms with Crippen LogP contribution in [-0.2, 0) is 14.8 Å². The fourth-order valence-corrected chi connectivity index (χ4v) is 5.22. The van der Waals surface area contributed by atoms with E-state index in [0.29, 0.717) is 29.6 Å². The number of nitrogens with one attached hydrogen (secondary N) is 1. The number of carbonyl (C=O) groups is 1. The number of methoxy groups -OCH3 is 1. The number of carbonyl (C=O) groups excluding carboxylic acids is 1. The van der Waals surface area contributed by atoms with E-state index in [0.717, 1.165) is 25.7 Å². The van der Waals surface area contributed by atoms with Gasteiger partial charge >= 0.3 is 0 Å². The van der Waals surface area contributed by atoms with Crippen LogP contribution in [-0.4, -0.2) is 40.6 Å². The largest absolute Gasteiger partial charge is 0.497 e. The predicted molar refractivity (Wildman–Crippen MR) is 125 cm³/mol. The first kappa shape index (κ1) is 23.9. The van der Waals surface area contributed by atoms with Gasteiger partial charge in [0.25, 0.3) is 15.9 Å². The van der Waals surface area contributed by atoms with E-state index in [2.05, 4.69) is 19.2 Å². The molecule has 0 saturated heterocycles. The van der Waals surface area contributed by atoms with Crippen molar-refractivity contribution in [3.8, 4) is 11.5 Å². The number of para-hydroxylation sites is 2. The topological polar surface area (TPSA) is 84.9 Å². The molecule has 0 radical (unpaired) electrons. The molecule has 0 bridgehead atoms. The van der Waals surface area contributed by atoms with Crippen molar-refractivity contribution in [1.82, 2.24) is 5.32 Å². The van der Waals surface area contributed by atoms with Crippen LogP contribution >= 0.6 is 0 Å². The Hall–Kier alpha value is -2.74. The second kappa shape index (κ2) is 10.7. The second-order valence-corrected chi connectivity index (χ2v) is 9.81. The maximum atomic E-state index is 13.4. The summed E-state index contributed by atoms with van der Waals surface area (Å²) in [7, 11) is -2.37. The lowest BCUT2D eigenvalue weighted by molar-refractivity contribution is -0.127. The fraction of sp³-hybridized carbons (Fsp3) is 0.458. The summed E-state index contributed by atoms with van der Waals surface area (Å²) in [6, 6.07) is 13.1. The SMILES string of the molecule is CCCC[C@@H](CC)CNC(=O)[C@H]1CN(S(=O)(=O)c2ccc(OC)cc2)c2ccccc2O1. The van der Waals surface area contributed by atoms with Crippen LogP contribution in [0.3, 0.4) is 0 Å². The maximum Gasteiger partial charge on any atom is 0.264 e. The van der Waals surface area contributed by atoms with Gasteiger partial charge < -0.3 is 14.8 Å². The Bertz CT molecular complexity index is 1010. The molecular weight excluding hydrogens is 428 g/mol. The number of ether oxygens (including phenoxy) is 2. The van der Waals surface area contributed by atoms with Gasteiger partial charge in [-0.2, -0.15) is 0 Å². The van der Waals surface area contributed by atoms with Crippen molar-refractivity contribution in [3.63, 3.8) is 0 Å². The molecule has 1 aliphatic heterocycles. The van der Waals surface area contributed by atoms with E-state index in [1.165, 1.54) is 23.5 Å². The zero-order chi connectivity index (χ0) is 23.1. The number of sulfonamides is 1. The lowest BCUT2D eigenvalue weighted by Crippen LogP contribution is -2.51. The number of amides is 1. The van der Waals surface area contributed by atoms with E-state index < -0.39 is 16.1 Å². The summed E-state index contributed by atoms with van der Waals surface area (Å²) in [6.07, 6.45) is 3.34. The van der Waals surface area contributed by atoms with Crippen LogP contribution in [0.5, 0.6) is 11.5 Å². The molecule has 8 heteroatoms. The van der Waals surface area contributed by atoms with Gasteiger partial charge in [-0.25, -0.2) is 8.42 Å². The van der Waals surface area contributed by atoms with Crippen molar-refractivity contribution >= 4 is 21.6 Å². The molecule has 0 aromatic heterocycles. The van der Waals surface area contributed by atoms with Gasteiger partial charge in [0.05, 0.1) is 24.2 Å². The van der Waals surface area contributed by atoms with E-state index in [9.17, 15) is 13.2 Å². The summed E-state index contributed by atoms with van der Waals surface area (Å²) in [5, 5.41) is 2.97. The summed E-state index contributed by atoms with van der Waals surface area (Å²) < 4.78 is 39.2. The van der Waals surface area contributed by atoms with Crippen LogP contribution < -0.4 is 19.1 Å². The van der Waals surface area contributed by atoms with Gasteiger partial charge in [0, 0.05) is 6.54 Å². The Morgan fingerprint density at radius 2 is 1.91 bits per heavy atom. The van der Waals surface area contributed by atoms with Gasteiger partial charge in [-0.15, -0.1) is 0 Å². The summed E-state index contributed by atoms with van der Waals surface area (Å²) in [4.78, 5) is 13.0. The minimum absolute atomic E-state index is 0.0943. The van der Waals surface area contributed by atoms with E-state index in [1.807, 2.05) is 0 Å². The van der Waals surface area contributed by atoms with Gasteiger partial charge in [-0.1, -0.05) is 45.2 Å². The number of rotatable bonds is 10. The van der Waals surface area contributed by atoms with Crippen LogP contribution in [0.15, 0.2) is 53.4 Å². The third-order valence-corrected chi connectivity index (χ3v) is 7.58. The Kier molecular flexibility index (Phi) is 8.01. The molecular formula is C24H32N2O5S. The Labute approximate surface area is 190 Å². The molecule has 2 aromatic rings. The standard InChI is InChI=1S/C24H32N2O5S/c1-4-6-9-18(5-2)16-25-24(27)23-17-26(21-10-7-8-11-22(21)31-23)32(28,29)20-14-12-19(30-3)13-15-20/h7-8,10-15,18,23H,4-6,9,16-17H2,1-3H3,(H,25,27)/t18-,23-/m1/s1. The normalized spacial score (nSPS) is 16.6. The van der Waals surface area contributed by atoms with E-state index in [1.54, 1.807) is 36.4 Å². The predicted octanol–water partition coefficient (Wildman–Crippen LogP) is 3.98. The number of unbranched alkanes of at least 4 members (excludes halogenated alkanes) is 1. The Morgan fingerprint density at radius 3 is 2.56 bits per heavy atom. The Balaban J connectivity index is 1.81. The molecule has 1 N–H and O–H groups in total. The van der Waals surface area contributed by atoms with Crippen molar-refractivity contribution in [3.05, 3.63) is 48.5 Å². The molecule has 0 aliphatic carbocycles. The molecule has 32 heavy (non-hydrogen) atoms. The first-order valence-corrected chi connectivity index (χ1v) is 12.5. The molecule has 0 unspecified atom stereocenters. The van der Waals surface area contributed by atoms with Crippen LogP contribution in [0.1, 0.15) is 39.5 Å². The highest BCUT2D eigenvalue weighted by molar-refractivity contribution is 7.92. The van der Waals surface area contributed by atoms with Crippen molar-refractivity contribution in [2.24, 2.45) is 5.92 Å². The van der Waals surface area contributed by atoms with Gasteiger partial charge in [0.2, 0.25) is 0 Å². The minimum atomic E-state index is -3.90. The van der Waals surface area contributed by atoms with Gasteiger partial charge in [-0.05, 0) is 48.7 Å². The summed E-state index contributed by atoms with van der Waals surface area (Å²) >= 11 is 0. The number of hydrogen-bond donors (Lipinski definition) is 1. The van der Waals surface area contributed by atoms with Crippen LogP contribution in [0.4, 0.5) is 5.69 Å². The third-order valence-electron chi connectivity index (χ3n) is 5.78. The smallest absolute Gasteiger partial charge is 0.264 e. The highest BCUT2D eigenvalue weighted by Crippen LogP contribution is 2.37. The van der Waals surface area contributed by atoms with Crippen molar-refractivity contribution < 1.29 is 22.7 Å². The average molecular weight is 461 g/mol. The fourth-order valence-electron chi connectivity index (χ4n) is 3.74. The highest BCUT2D eigenvalue weighted by Gasteiger charge is 2.37. The Morgan fingerprint density at radius 1 is 1.19 bits per heavy atom. The van der Waals surface area contributed by atoms with Crippen LogP contribution in [0, 0.1) is 5.92 Å². The molecule has 2 aromatic carbocycles. The van der Waals surface area contributed by atoms with Crippen molar-refractivity contribution in [2.45, 2.75) is 50.5 Å². The van der Waals surface area contributed by atoms with Gasteiger partial charge in [0.1, 0.15) is 11.5 Å². The van der Waals surface area contributed by atoms with Crippen LogP contribution in [0.2, 0.25) is 0 Å². The summed E-state index contributed by atoms with van der Waals surface area (Å²) in [5.41, 5.74) is 0.418. The first-order chi connectivity index (χ1) is 15.4. The molecule has 0 fully saturated rings. The number of hydrogen-bond acceptors (Lipinski definition) is 5. The molecule has 174 valence electrons. The molecule has 0 saturated carbocycles. The first-order valence-electron chi connectivity index (χ1n) is 11.1. The molecule has 1 heterocycles.